The minimum atomic E-state index is -0.666. The Bertz CT molecular complexity index is 924. The van der Waals surface area contributed by atoms with E-state index >= 15 is 0 Å². The molecule has 26 heavy (non-hydrogen) atoms. The Morgan fingerprint density at radius 3 is 2.88 bits per heavy atom. The van der Waals surface area contributed by atoms with Crippen molar-refractivity contribution in [3.63, 3.8) is 0 Å². The van der Waals surface area contributed by atoms with Gasteiger partial charge in [-0.1, -0.05) is 18.2 Å². The quantitative estimate of drug-likeness (QED) is 0.667. The number of H-pyrrole nitrogens is 1. The van der Waals surface area contributed by atoms with Gasteiger partial charge in [-0.3, -0.25) is 4.79 Å². The lowest BCUT2D eigenvalue weighted by Crippen LogP contribution is -2.54. The van der Waals surface area contributed by atoms with Crippen LogP contribution < -0.4 is 10.2 Å². The van der Waals surface area contributed by atoms with Crippen molar-refractivity contribution in [2.24, 2.45) is 0 Å². The van der Waals surface area contributed by atoms with E-state index in [1.165, 1.54) is 6.33 Å². The lowest BCUT2D eigenvalue weighted by Gasteiger charge is -2.37. The number of piperidine rings is 1. The van der Waals surface area contributed by atoms with Crippen LogP contribution in [0.15, 0.2) is 42.9 Å². The first-order valence-corrected chi connectivity index (χ1v) is 8.71. The fourth-order valence-corrected chi connectivity index (χ4v) is 3.47. The molecule has 1 amide bonds. The van der Waals surface area contributed by atoms with Crippen molar-refractivity contribution in [2.45, 2.75) is 25.5 Å². The average molecular weight is 351 g/mol. The molecule has 1 aliphatic rings. The second-order valence-electron chi connectivity index (χ2n) is 6.64. The summed E-state index contributed by atoms with van der Waals surface area (Å²) in [5.41, 5.74) is 2.47. The lowest BCUT2D eigenvalue weighted by molar-refractivity contribution is 0.0798. The Hall–Kier alpha value is -2.93. The minimum absolute atomic E-state index is 0.158. The molecule has 0 spiro atoms. The lowest BCUT2D eigenvalue weighted by atomic mass is 10.0. The highest BCUT2D eigenvalue weighted by Crippen LogP contribution is 2.28. The predicted octanol–water partition coefficient (Wildman–Crippen LogP) is 1.64. The number of carbonyl (C=O) groups excluding carboxylic acids is 1. The van der Waals surface area contributed by atoms with Gasteiger partial charge < -0.3 is 20.3 Å². The summed E-state index contributed by atoms with van der Waals surface area (Å²) in [6.07, 6.45) is 3.42. The van der Waals surface area contributed by atoms with E-state index in [-0.39, 0.29) is 11.9 Å². The number of aliphatic hydroxyl groups excluding tert-OH is 1. The number of hydrogen-bond donors (Lipinski definition) is 3. The third kappa shape index (κ3) is 3.01. The van der Waals surface area contributed by atoms with E-state index in [9.17, 15) is 9.90 Å². The molecule has 0 saturated carbocycles. The molecular formula is C19H21N5O2. The number of benzene rings is 1. The van der Waals surface area contributed by atoms with E-state index in [0.29, 0.717) is 25.1 Å². The number of rotatable bonds is 3. The number of hydrogen-bond acceptors (Lipinski definition) is 5. The van der Waals surface area contributed by atoms with Crippen LogP contribution in [0.3, 0.4) is 0 Å². The summed E-state index contributed by atoms with van der Waals surface area (Å²) in [6, 6.07) is 8.78. The second-order valence-corrected chi connectivity index (χ2v) is 6.64. The van der Waals surface area contributed by atoms with Gasteiger partial charge in [-0.2, -0.15) is 0 Å². The van der Waals surface area contributed by atoms with E-state index in [1.807, 2.05) is 31.3 Å². The van der Waals surface area contributed by atoms with E-state index in [4.69, 9.17) is 0 Å². The second kappa shape index (κ2) is 6.76. The number of aliphatic hydroxyl groups is 1. The first-order chi connectivity index (χ1) is 12.6. The number of carbonyl (C=O) groups is 1. The average Bonchev–Trinajstić information content (AvgIpc) is 3.05. The monoisotopic (exact) mass is 351 g/mol. The maximum Gasteiger partial charge on any atom is 0.251 e. The van der Waals surface area contributed by atoms with E-state index in [2.05, 4.69) is 25.2 Å². The van der Waals surface area contributed by atoms with Crippen molar-refractivity contribution < 1.29 is 9.90 Å². The number of nitrogens with one attached hydrogen (secondary N) is 2. The van der Waals surface area contributed by atoms with Gasteiger partial charge >= 0.3 is 0 Å². The van der Waals surface area contributed by atoms with Crippen molar-refractivity contribution >= 4 is 22.8 Å². The molecule has 1 fully saturated rings. The molecule has 2 unspecified atom stereocenters. The van der Waals surface area contributed by atoms with Gasteiger partial charge in [0.25, 0.3) is 5.91 Å². The number of β-amino-alcohol motifs (C(OH)–C–C–N with tert-alkyl or cyclic N) is 1. The Kier molecular flexibility index (Phi) is 4.30. The number of aromatic nitrogens is 3. The predicted molar refractivity (Wildman–Crippen MR) is 99.2 cm³/mol. The molecule has 3 N–H and O–H groups in total. The highest BCUT2D eigenvalue weighted by Gasteiger charge is 2.30. The molecule has 0 bridgehead atoms. The Labute approximate surface area is 151 Å². The summed E-state index contributed by atoms with van der Waals surface area (Å²) < 4.78 is 0. The molecule has 1 saturated heterocycles. The standard InChI is InChI=1S/C19H21N5O2/c1-12-9-20-17-16(12)18(22-11-21-17)24-8-7-14(15(25)10-24)23-19(26)13-5-3-2-4-6-13/h2-6,9,11,14-15,25H,7-8,10H2,1H3,(H,23,26)(H,20,21,22). The Morgan fingerprint density at radius 2 is 2.12 bits per heavy atom. The zero-order chi connectivity index (χ0) is 18.1. The third-order valence-corrected chi connectivity index (χ3v) is 4.88. The highest BCUT2D eigenvalue weighted by atomic mass is 16.3. The summed E-state index contributed by atoms with van der Waals surface area (Å²) in [4.78, 5) is 26.2. The molecule has 3 aromatic rings. The molecule has 134 valence electrons. The molecule has 2 aromatic heterocycles. The first kappa shape index (κ1) is 16.5. The number of nitrogens with zero attached hydrogens (tertiary/aromatic N) is 3. The summed E-state index contributed by atoms with van der Waals surface area (Å²) in [6.45, 7) is 3.12. The van der Waals surface area contributed by atoms with Gasteiger partial charge in [0.05, 0.1) is 17.5 Å². The Morgan fingerprint density at radius 1 is 1.31 bits per heavy atom. The maximum atomic E-state index is 12.3. The highest BCUT2D eigenvalue weighted by molar-refractivity contribution is 5.94. The van der Waals surface area contributed by atoms with Gasteiger partial charge in [0.1, 0.15) is 17.8 Å². The van der Waals surface area contributed by atoms with Crippen molar-refractivity contribution in [1.82, 2.24) is 20.3 Å². The van der Waals surface area contributed by atoms with Crippen molar-refractivity contribution in [2.75, 3.05) is 18.0 Å². The number of amides is 1. The van der Waals surface area contributed by atoms with E-state index < -0.39 is 6.10 Å². The van der Waals surface area contributed by atoms with Crippen LogP contribution in [0.5, 0.6) is 0 Å². The van der Waals surface area contributed by atoms with Gasteiger partial charge in [0.15, 0.2) is 0 Å². The van der Waals surface area contributed by atoms with Crippen LogP contribution in [-0.2, 0) is 0 Å². The van der Waals surface area contributed by atoms with Crippen LogP contribution in [0.2, 0.25) is 0 Å². The van der Waals surface area contributed by atoms with Crippen LogP contribution >= 0.6 is 0 Å². The van der Waals surface area contributed by atoms with E-state index in [1.54, 1.807) is 12.1 Å². The molecule has 1 aromatic carbocycles. The van der Waals surface area contributed by atoms with Crippen molar-refractivity contribution in [1.29, 1.82) is 0 Å². The first-order valence-electron chi connectivity index (χ1n) is 8.71. The summed E-state index contributed by atoms with van der Waals surface area (Å²) >= 11 is 0. The molecular weight excluding hydrogens is 330 g/mol. The van der Waals surface area contributed by atoms with Crippen molar-refractivity contribution in [3.05, 3.63) is 54.0 Å². The topological polar surface area (TPSA) is 94.1 Å². The van der Waals surface area contributed by atoms with Crippen LogP contribution in [0.4, 0.5) is 5.82 Å². The van der Waals surface area contributed by atoms with Gasteiger partial charge in [-0.05, 0) is 31.0 Å². The largest absolute Gasteiger partial charge is 0.389 e. The van der Waals surface area contributed by atoms with E-state index in [0.717, 1.165) is 22.4 Å². The molecule has 7 nitrogen and oxygen atoms in total. The normalized spacial score (nSPS) is 20.3. The molecule has 4 rings (SSSR count). The summed E-state index contributed by atoms with van der Waals surface area (Å²) in [7, 11) is 0. The summed E-state index contributed by atoms with van der Waals surface area (Å²) in [5.74, 6) is 0.662. The number of aromatic amines is 1. The maximum absolute atomic E-state index is 12.3. The fraction of sp³-hybridized carbons (Fsp3) is 0.316. The van der Waals surface area contributed by atoms with Crippen molar-refractivity contribution in [3.8, 4) is 0 Å². The zero-order valence-electron chi connectivity index (χ0n) is 14.5. The van der Waals surface area contributed by atoms with Crippen LogP contribution in [0.1, 0.15) is 22.3 Å². The number of anilines is 1. The molecule has 0 radical (unpaired) electrons. The third-order valence-electron chi connectivity index (χ3n) is 4.88. The van der Waals surface area contributed by atoms with Crippen LogP contribution in [0, 0.1) is 6.92 Å². The molecule has 1 aliphatic heterocycles. The SMILES string of the molecule is Cc1c[nH]c2ncnc(N3CCC(NC(=O)c4ccccc4)C(O)C3)c12. The smallest absolute Gasteiger partial charge is 0.251 e. The molecule has 3 heterocycles. The van der Waals surface area contributed by atoms with Crippen LogP contribution in [0.25, 0.3) is 11.0 Å². The molecule has 7 heteroatoms. The van der Waals surface area contributed by atoms with Gasteiger partial charge in [0.2, 0.25) is 0 Å². The number of aryl methyl sites for hydroxylation is 1. The number of fused-ring (bicyclic) bond motifs is 1. The fourth-order valence-electron chi connectivity index (χ4n) is 3.47. The van der Waals surface area contributed by atoms with Gasteiger partial charge in [-0.25, -0.2) is 9.97 Å². The summed E-state index contributed by atoms with van der Waals surface area (Å²) in [5, 5.41) is 14.5. The minimum Gasteiger partial charge on any atom is -0.389 e. The van der Waals surface area contributed by atoms with Gasteiger partial charge in [-0.15, -0.1) is 0 Å². The Balaban J connectivity index is 1.48. The molecule has 2 atom stereocenters. The zero-order valence-corrected chi connectivity index (χ0v) is 14.5. The molecule has 0 aliphatic carbocycles. The van der Waals surface area contributed by atoms with Crippen LogP contribution in [-0.4, -0.2) is 51.2 Å². The van der Waals surface area contributed by atoms with Gasteiger partial charge in [0, 0.05) is 24.8 Å².